The van der Waals surface area contributed by atoms with Crippen molar-refractivity contribution in [2.24, 2.45) is 11.8 Å². The summed E-state index contributed by atoms with van der Waals surface area (Å²) >= 11 is 0. The predicted octanol–water partition coefficient (Wildman–Crippen LogP) is -0.930. The highest BCUT2D eigenvalue weighted by Crippen LogP contribution is 2.34. The highest BCUT2D eigenvalue weighted by Gasteiger charge is 2.53. The molecule has 14 heteroatoms. The van der Waals surface area contributed by atoms with Gasteiger partial charge in [-0.15, -0.1) is 0 Å². The normalized spacial score (nSPS) is 33.5. The van der Waals surface area contributed by atoms with Gasteiger partial charge >= 0.3 is 5.97 Å². The maximum Gasteiger partial charge on any atom is 0.335 e. The number of carboxylic acids is 1. The Kier molecular flexibility index (Phi) is 15.3. The molecule has 2 heterocycles. The fraction of sp³-hybridized carbons (Fsp3) is 0.821. The number of aliphatic hydroxyl groups excluding tert-OH is 4. The minimum atomic E-state index is -1.73. The van der Waals surface area contributed by atoms with E-state index in [1.807, 2.05) is 6.08 Å². The van der Waals surface area contributed by atoms with Crippen molar-refractivity contribution in [1.82, 2.24) is 10.6 Å². The summed E-state index contributed by atoms with van der Waals surface area (Å²) in [5, 5.41) is 57.0. The van der Waals surface area contributed by atoms with E-state index in [-0.39, 0.29) is 31.5 Å². The zero-order valence-corrected chi connectivity index (χ0v) is 24.8. The molecule has 14 nitrogen and oxygen atoms in total. The standard InChI is InChI=1S/C28H48N2O12/c1-5-6-7-8-9-10-13-39-14-17(31)29-11-12-30-26(36)23-18(15(2)3)20(33)22(35)28(41-23)42-24-21(34)19(32)16(4)40-25(24)27(37)38/h8-9,15-16,18-25,28,32-35H,5-7,10-14H2,1-4H3,(H,29,31)(H,30,36)(H,37,38)/b9-8+. The summed E-state index contributed by atoms with van der Waals surface area (Å²) in [5.41, 5.74) is 0. The molecular weight excluding hydrogens is 556 g/mol. The van der Waals surface area contributed by atoms with Crippen molar-refractivity contribution in [2.75, 3.05) is 26.3 Å². The number of carbonyl (C=O) groups excluding carboxylic acids is 2. The van der Waals surface area contributed by atoms with Crippen molar-refractivity contribution in [1.29, 1.82) is 0 Å². The highest BCUT2D eigenvalue weighted by atomic mass is 16.7. The average molecular weight is 605 g/mol. The smallest absolute Gasteiger partial charge is 0.335 e. The summed E-state index contributed by atoms with van der Waals surface area (Å²) in [6, 6.07) is 0. The molecule has 0 aromatic heterocycles. The number of hydrogen-bond donors (Lipinski definition) is 7. The number of amides is 2. The summed E-state index contributed by atoms with van der Waals surface area (Å²) < 4.78 is 21.9. The Morgan fingerprint density at radius 2 is 1.57 bits per heavy atom. The molecule has 10 atom stereocenters. The van der Waals surface area contributed by atoms with Crippen molar-refractivity contribution in [3.8, 4) is 0 Å². The molecule has 0 spiro atoms. The lowest BCUT2D eigenvalue weighted by molar-refractivity contribution is -0.328. The van der Waals surface area contributed by atoms with Crippen molar-refractivity contribution in [3.05, 3.63) is 12.2 Å². The molecule has 0 saturated carbocycles. The largest absolute Gasteiger partial charge is 0.479 e. The first-order chi connectivity index (χ1) is 19.9. The van der Waals surface area contributed by atoms with E-state index in [1.165, 1.54) is 6.92 Å². The third kappa shape index (κ3) is 10.2. The minimum Gasteiger partial charge on any atom is -0.479 e. The molecule has 2 amide bonds. The van der Waals surface area contributed by atoms with Gasteiger partial charge < -0.3 is 55.1 Å². The van der Waals surface area contributed by atoms with Gasteiger partial charge in [0.15, 0.2) is 12.4 Å². The molecule has 0 aliphatic carbocycles. The number of allylic oxidation sites excluding steroid dienone is 1. The van der Waals surface area contributed by atoms with Crippen LogP contribution in [-0.4, -0.2) is 125 Å². The van der Waals surface area contributed by atoms with E-state index in [9.17, 15) is 39.9 Å². The Morgan fingerprint density at radius 1 is 0.905 bits per heavy atom. The van der Waals surface area contributed by atoms with Crippen LogP contribution >= 0.6 is 0 Å². The first-order valence-corrected chi connectivity index (χ1v) is 14.6. The lowest BCUT2D eigenvalue weighted by Crippen LogP contribution is -2.65. The molecule has 242 valence electrons. The van der Waals surface area contributed by atoms with Gasteiger partial charge in [0.25, 0.3) is 0 Å². The van der Waals surface area contributed by atoms with Crippen LogP contribution in [-0.2, 0) is 33.3 Å². The minimum absolute atomic E-state index is 0.0277. The second-order valence-corrected chi connectivity index (χ2v) is 11.0. The monoisotopic (exact) mass is 604 g/mol. The fourth-order valence-electron chi connectivity index (χ4n) is 4.94. The predicted molar refractivity (Wildman–Crippen MR) is 148 cm³/mol. The van der Waals surface area contributed by atoms with Crippen LogP contribution in [0.3, 0.4) is 0 Å². The molecular formula is C28H48N2O12. The Morgan fingerprint density at radius 3 is 2.21 bits per heavy atom. The molecule has 2 fully saturated rings. The van der Waals surface area contributed by atoms with Gasteiger partial charge in [-0.25, -0.2) is 4.79 Å². The zero-order chi connectivity index (χ0) is 31.4. The van der Waals surface area contributed by atoms with Crippen LogP contribution in [0.15, 0.2) is 12.2 Å². The van der Waals surface area contributed by atoms with Crippen LogP contribution in [0.25, 0.3) is 0 Å². The molecule has 10 unspecified atom stereocenters. The number of carbonyl (C=O) groups is 3. The molecule has 0 aromatic rings. The maximum atomic E-state index is 13.1. The van der Waals surface area contributed by atoms with E-state index in [2.05, 4.69) is 23.6 Å². The van der Waals surface area contributed by atoms with Crippen LogP contribution < -0.4 is 10.6 Å². The summed E-state index contributed by atoms with van der Waals surface area (Å²) in [6.45, 7) is 7.37. The highest BCUT2D eigenvalue weighted by molar-refractivity contribution is 5.81. The summed E-state index contributed by atoms with van der Waals surface area (Å²) in [5.74, 6) is -3.69. The molecule has 0 aromatic carbocycles. The molecule has 0 bridgehead atoms. The Hall–Kier alpha value is -2.17. The lowest BCUT2D eigenvalue weighted by atomic mass is 9.80. The van der Waals surface area contributed by atoms with Crippen LogP contribution in [0.4, 0.5) is 0 Å². The Bertz CT molecular complexity index is 887. The zero-order valence-electron chi connectivity index (χ0n) is 24.8. The van der Waals surface area contributed by atoms with Crippen LogP contribution in [0.2, 0.25) is 0 Å². The van der Waals surface area contributed by atoms with Gasteiger partial charge in [0.05, 0.1) is 18.8 Å². The summed E-state index contributed by atoms with van der Waals surface area (Å²) in [7, 11) is 0. The fourth-order valence-corrected chi connectivity index (χ4v) is 4.94. The third-order valence-corrected chi connectivity index (χ3v) is 7.34. The van der Waals surface area contributed by atoms with E-state index in [0.29, 0.717) is 13.0 Å². The van der Waals surface area contributed by atoms with Crippen molar-refractivity contribution in [3.63, 3.8) is 0 Å². The van der Waals surface area contributed by atoms with E-state index in [0.717, 1.165) is 19.3 Å². The Labute approximate surface area is 246 Å². The lowest BCUT2D eigenvalue weighted by Gasteiger charge is -2.46. The van der Waals surface area contributed by atoms with E-state index in [4.69, 9.17) is 18.9 Å². The second-order valence-electron chi connectivity index (χ2n) is 11.0. The van der Waals surface area contributed by atoms with E-state index in [1.54, 1.807) is 13.8 Å². The number of ether oxygens (including phenoxy) is 4. The molecule has 42 heavy (non-hydrogen) atoms. The quantitative estimate of drug-likeness (QED) is 0.0841. The van der Waals surface area contributed by atoms with Crippen molar-refractivity contribution < 1.29 is 58.9 Å². The molecule has 2 aliphatic rings. The number of aliphatic hydroxyl groups is 4. The third-order valence-electron chi connectivity index (χ3n) is 7.34. The summed E-state index contributed by atoms with van der Waals surface area (Å²) in [6.07, 6.45) is -5.76. The van der Waals surface area contributed by atoms with Gasteiger partial charge in [0.2, 0.25) is 11.8 Å². The van der Waals surface area contributed by atoms with E-state index < -0.39 is 72.9 Å². The average Bonchev–Trinajstić information content (AvgIpc) is 2.94. The van der Waals surface area contributed by atoms with Gasteiger partial charge in [0, 0.05) is 19.0 Å². The van der Waals surface area contributed by atoms with Crippen molar-refractivity contribution >= 4 is 17.8 Å². The van der Waals surface area contributed by atoms with Gasteiger partial charge in [-0.1, -0.05) is 45.8 Å². The van der Waals surface area contributed by atoms with Gasteiger partial charge in [-0.05, 0) is 25.7 Å². The van der Waals surface area contributed by atoms with Gasteiger partial charge in [-0.3, -0.25) is 9.59 Å². The molecule has 7 N–H and O–H groups in total. The first kappa shape index (κ1) is 36.0. The molecule has 0 radical (unpaired) electrons. The number of carboxylic acid groups (broad SMARTS) is 1. The maximum absolute atomic E-state index is 13.1. The van der Waals surface area contributed by atoms with Crippen LogP contribution in [0, 0.1) is 11.8 Å². The first-order valence-electron chi connectivity index (χ1n) is 14.6. The number of nitrogens with one attached hydrogen (secondary N) is 2. The summed E-state index contributed by atoms with van der Waals surface area (Å²) in [4.78, 5) is 36.8. The SMILES string of the molecule is CCCC/C=C/CCOCC(=O)NCCNC(=O)C1OC(OC2C(C(=O)O)OC(C)C(O)C2O)C(O)C(O)C1C(C)C. The van der Waals surface area contributed by atoms with Gasteiger partial charge in [-0.2, -0.15) is 0 Å². The van der Waals surface area contributed by atoms with Crippen molar-refractivity contribution in [2.45, 2.75) is 108 Å². The Balaban J connectivity index is 1.91. The van der Waals surface area contributed by atoms with Gasteiger partial charge in [0.1, 0.15) is 37.1 Å². The van der Waals surface area contributed by atoms with E-state index >= 15 is 0 Å². The number of rotatable bonds is 16. The van der Waals surface area contributed by atoms with Crippen LogP contribution in [0.5, 0.6) is 0 Å². The topological polar surface area (TPSA) is 213 Å². The van der Waals surface area contributed by atoms with Crippen LogP contribution in [0.1, 0.15) is 53.4 Å². The number of unbranched alkanes of at least 4 members (excludes halogenated alkanes) is 2. The molecule has 2 aliphatic heterocycles. The number of aliphatic carboxylic acids is 1. The second kappa shape index (κ2) is 17.8. The molecule has 2 saturated heterocycles. The number of hydrogen-bond acceptors (Lipinski definition) is 11. The molecule has 2 rings (SSSR count).